The van der Waals surface area contributed by atoms with Crippen molar-refractivity contribution in [2.45, 2.75) is 46.0 Å². The van der Waals surface area contributed by atoms with E-state index in [1.807, 2.05) is 12.3 Å². The van der Waals surface area contributed by atoms with Gasteiger partial charge in [0.25, 0.3) is 0 Å². The lowest BCUT2D eigenvalue weighted by Gasteiger charge is -2.30. The average molecular weight is 262 g/mol. The van der Waals surface area contributed by atoms with Crippen LogP contribution in [0.5, 0.6) is 0 Å². The van der Waals surface area contributed by atoms with Crippen LogP contribution in [0, 0.1) is 5.92 Å². The minimum atomic E-state index is 0.749. The average Bonchev–Trinajstić information content (AvgIpc) is 2.44. The van der Waals surface area contributed by atoms with Gasteiger partial charge in [-0.25, -0.2) is 4.98 Å². The van der Waals surface area contributed by atoms with Gasteiger partial charge in [-0.1, -0.05) is 26.7 Å². The first kappa shape index (κ1) is 14.1. The molecule has 1 atom stereocenters. The Labute approximate surface area is 116 Å². The second kappa shape index (κ2) is 7.31. The highest BCUT2D eigenvalue weighted by molar-refractivity contribution is 5.41. The van der Waals surface area contributed by atoms with Crippen LogP contribution in [-0.2, 0) is 0 Å². The van der Waals surface area contributed by atoms with Crippen LogP contribution in [0.4, 0.5) is 11.8 Å². The highest BCUT2D eigenvalue weighted by Gasteiger charge is 2.18. The number of anilines is 2. The van der Waals surface area contributed by atoms with E-state index in [4.69, 9.17) is 0 Å². The van der Waals surface area contributed by atoms with Crippen molar-refractivity contribution >= 4 is 11.8 Å². The molecule has 1 fully saturated rings. The van der Waals surface area contributed by atoms with Gasteiger partial charge in [-0.3, -0.25) is 0 Å². The Morgan fingerprint density at radius 2 is 2.32 bits per heavy atom. The summed E-state index contributed by atoms with van der Waals surface area (Å²) in [4.78, 5) is 11.4. The minimum absolute atomic E-state index is 0.749. The Morgan fingerprint density at radius 3 is 3.11 bits per heavy atom. The number of hydrogen-bond donors (Lipinski definition) is 1. The summed E-state index contributed by atoms with van der Waals surface area (Å²) in [5.41, 5.74) is 0. The number of rotatable bonds is 6. The molecule has 106 valence electrons. The number of hydrogen-bond acceptors (Lipinski definition) is 4. The Bertz CT molecular complexity index is 380. The standard InChI is InChI=1S/C15H26N4/c1-3-4-5-9-16-14-8-10-17-15(18-14)19-11-6-7-13(2)12-19/h8,10,13H,3-7,9,11-12H2,1-2H3,(H,16,17,18). The van der Waals surface area contributed by atoms with Gasteiger partial charge in [0.2, 0.25) is 5.95 Å². The fraction of sp³-hybridized carbons (Fsp3) is 0.733. The first-order chi connectivity index (χ1) is 9.29. The molecule has 1 saturated heterocycles. The molecule has 0 aliphatic carbocycles. The van der Waals surface area contributed by atoms with Crippen molar-refractivity contribution in [3.05, 3.63) is 12.3 Å². The highest BCUT2D eigenvalue weighted by Crippen LogP contribution is 2.20. The van der Waals surface area contributed by atoms with Crippen LogP contribution >= 0.6 is 0 Å². The van der Waals surface area contributed by atoms with Crippen molar-refractivity contribution in [2.24, 2.45) is 5.92 Å². The van der Waals surface area contributed by atoms with Crippen molar-refractivity contribution in [1.29, 1.82) is 0 Å². The zero-order valence-electron chi connectivity index (χ0n) is 12.2. The second-order valence-electron chi connectivity index (χ2n) is 5.57. The molecular formula is C15H26N4. The molecule has 0 bridgehead atoms. The molecule has 0 aromatic carbocycles. The first-order valence-electron chi connectivity index (χ1n) is 7.61. The number of nitrogens with one attached hydrogen (secondary N) is 1. The second-order valence-corrected chi connectivity index (χ2v) is 5.57. The molecule has 2 rings (SSSR count). The molecule has 2 heterocycles. The zero-order valence-corrected chi connectivity index (χ0v) is 12.2. The molecule has 4 nitrogen and oxygen atoms in total. The summed E-state index contributed by atoms with van der Waals surface area (Å²) in [6, 6.07) is 1.96. The van der Waals surface area contributed by atoms with Crippen molar-refractivity contribution in [3.63, 3.8) is 0 Å². The predicted octanol–water partition coefficient (Wildman–Crippen LogP) is 3.32. The third-order valence-corrected chi connectivity index (χ3v) is 3.67. The third-order valence-electron chi connectivity index (χ3n) is 3.67. The van der Waals surface area contributed by atoms with Crippen molar-refractivity contribution in [3.8, 4) is 0 Å². The maximum absolute atomic E-state index is 4.63. The summed E-state index contributed by atoms with van der Waals surface area (Å²) in [5.74, 6) is 2.59. The molecule has 0 radical (unpaired) electrons. The van der Waals surface area contributed by atoms with Crippen LogP contribution in [0.2, 0.25) is 0 Å². The molecular weight excluding hydrogens is 236 g/mol. The summed E-state index contributed by atoms with van der Waals surface area (Å²) >= 11 is 0. The van der Waals surface area contributed by atoms with Gasteiger partial charge in [-0.2, -0.15) is 4.98 Å². The van der Waals surface area contributed by atoms with Crippen LogP contribution in [0.1, 0.15) is 46.0 Å². The molecule has 4 heteroatoms. The minimum Gasteiger partial charge on any atom is -0.370 e. The smallest absolute Gasteiger partial charge is 0.227 e. The Morgan fingerprint density at radius 1 is 1.42 bits per heavy atom. The lowest BCUT2D eigenvalue weighted by Crippen LogP contribution is -2.35. The summed E-state index contributed by atoms with van der Waals surface area (Å²) in [5, 5.41) is 3.39. The van der Waals surface area contributed by atoms with Crippen molar-refractivity contribution in [2.75, 3.05) is 29.9 Å². The van der Waals surface area contributed by atoms with Crippen LogP contribution in [0.3, 0.4) is 0 Å². The molecule has 1 N–H and O–H groups in total. The van der Waals surface area contributed by atoms with Gasteiger partial charge in [-0.05, 0) is 31.2 Å². The monoisotopic (exact) mass is 262 g/mol. The van der Waals surface area contributed by atoms with E-state index in [0.29, 0.717) is 0 Å². The fourth-order valence-corrected chi connectivity index (χ4v) is 2.56. The Balaban J connectivity index is 1.90. The van der Waals surface area contributed by atoms with Gasteiger partial charge in [0.1, 0.15) is 5.82 Å². The van der Waals surface area contributed by atoms with E-state index in [2.05, 4.69) is 34.0 Å². The maximum atomic E-state index is 4.63. The fourth-order valence-electron chi connectivity index (χ4n) is 2.56. The third kappa shape index (κ3) is 4.37. The first-order valence-corrected chi connectivity index (χ1v) is 7.61. The van der Waals surface area contributed by atoms with Crippen LogP contribution in [0.15, 0.2) is 12.3 Å². The molecule has 1 aliphatic rings. The molecule has 1 unspecified atom stereocenters. The van der Waals surface area contributed by atoms with E-state index >= 15 is 0 Å². The van der Waals surface area contributed by atoms with Crippen molar-refractivity contribution < 1.29 is 0 Å². The predicted molar refractivity (Wildman–Crippen MR) is 80.7 cm³/mol. The summed E-state index contributed by atoms with van der Waals surface area (Å²) in [7, 11) is 0. The highest BCUT2D eigenvalue weighted by atomic mass is 15.3. The van der Waals surface area contributed by atoms with Gasteiger partial charge < -0.3 is 10.2 Å². The van der Waals surface area contributed by atoms with E-state index < -0.39 is 0 Å². The molecule has 1 aliphatic heterocycles. The van der Waals surface area contributed by atoms with E-state index in [-0.39, 0.29) is 0 Å². The summed E-state index contributed by atoms with van der Waals surface area (Å²) in [6.45, 7) is 7.70. The SMILES string of the molecule is CCCCCNc1ccnc(N2CCCC(C)C2)n1. The quantitative estimate of drug-likeness (QED) is 0.799. The van der Waals surface area contributed by atoms with Crippen LogP contribution in [-0.4, -0.2) is 29.6 Å². The molecule has 19 heavy (non-hydrogen) atoms. The zero-order chi connectivity index (χ0) is 13.5. The molecule has 1 aromatic heterocycles. The van der Waals surface area contributed by atoms with E-state index in [9.17, 15) is 0 Å². The van der Waals surface area contributed by atoms with E-state index in [1.54, 1.807) is 0 Å². The van der Waals surface area contributed by atoms with E-state index in [1.165, 1.54) is 32.1 Å². The largest absolute Gasteiger partial charge is 0.370 e. The number of piperidine rings is 1. The normalized spacial score (nSPS) is 19.5. The summed E-state index contributed by atoms with van der Waals surface area (Å²) < 4.78 is 0. The number of unbranched alkanes of at least 4 members (excludes halogenated alkanes) is 2. The summed E-state index contributed by atoms with van der Waals surface area (Å²) in [6.07, 6.45) is 8.17. The Hall–Kier alpha value is -1.32. The van der Waals surface area contributed by atoms with Crippen LogP contribution in [0.25, 0.3) is 0 Å². The number of nitrogens with zero attached hydrogens (tertiary/aromatic N) is 3. The topological polar surface area (TPSA) is 41.1 Å². The molecule has 1 aromatic rings. The lowest BCUT2D eigenvalue weighted by atomic mass is 10.0. The van der Waals surface area contributed by atoms with Gasteiger partial charge in [-0.15, -0.1) is 0 Å². The van der Waals surface area contributed by atoms with Crippen LogP contribution < -0.4 is 10.2 Å². The Kier molecular flexibility index (Phi) is 5.43. The van der Waals surface area contributed by atoms with Gasteiger partial charge in [0, 0.05) is 25.8 Å². The van der Waals surface area contributed by atoms with Gasteiger partial charge >= 0.3 is 0 Å². The van der Waals surface area contributed by atoms with Gasteiger partial charge in [0.15, 0.2) is 0 Å². The van der Waals surface area contributed by atoms with Crippen molar-refractivity contribution in [1.82, 2.24) is 9.97 Å². The lowest BCUT2D eigenvalue weighted by molar-refractivity contribution is 0.442. The maximum Gasteiger partial charge on any atom is 0.227 e. The molecule has 0 amide bonds. The van der Waals surface area contributed by atoms with E-state index in [0.717, 1.165) is 37.3 Å². The van der Waals surface area contributed by atoms with Gasteiger partial charge in [0.05, 0.1) is 0 Å². The molecule has 0 saturated carbocycles. The number of aromatic nitrogens is 2. The molecule has 0 spiro atoms.